The quantitative estimate of drug-likeness (QED) is 0.528. The summed E-state index contributed by atoms with van der Waals surface area (Å²) in [5, 5.41) is 4.75. The van der Waals surface area contributed by atoms with Crippen molar-refractivity contribution in [2.45, 2.75) is 63.9 Å². The average Bonchev–Trinajstić information content (AvgIpc) is 3.52. The first-order chi connectivity index (χ1) is 16.4. The maximum Gasteiger partial charge on any atom is 0.277 e. The van der Waals surface area contributed by atoms with Crippen LogP contribution >= 0.6 is 0 Å². The molecule has 3 aromatic rings. The fourth-order valence-corrected chi connectivity index (χ4v) is 6.67. The highest BCUT2D eigenvalue weighted by atomic mass is 32.2. The van der Waals surface area contributed by atoms with Crippen LogP contribution in [0.1, 0.15) is 45.1 Å². The van der Waals surface area contributed by atoms with E-state index in [-0.39, 0.29) is 5.56 Å². The molecule has 182 valence electrons. The van der Waals surface area contributed by atoms with E-state index in [9.17, 15) is 9.00 Å². The minimum Gasteiger partial charge on any atom is -0.493 e. The lowest BCUT2D eigenvalue weighted by Crippen LogP contribution is -2.46. The normalized spacial score (nSPS) is 21.5. The Morgan fingerprint density at radius 1 is 1.21 bits per heavy atom. The molecule has 2 aromatic heterocycles. The summed E-state index contributed by atoms with van der Waals surface area (Å²) in [4.78, 5) is 23.6. The number of ether oxygens (including phenoxy) is 1. The first-order valence-electron chi connectivity index (χ1n) is 12.1. The molecule has 9 nitrogen and oxygen atoms in total. The number of aryl methyl sites for hydroxylation is 2. The van der Waals surface area contributed by atoms with Crippen molar-refractivity contribution in [2.75, 3.05) is 26.2 Å². The van der Waals surface area contributed by atoms with Crippen LogP contribution in [0.4, 0.5) is 0 Å². The highest BCUT2D eigenvalue weighted by molar-refractivity contribution is 7.82. The molecule has 0 amide bonds. The highest BCUT2D eigenvalue weighted by Crippen LogP contribution is 2.35. The van der Waals surface area contributed by atoms with Crippen molar-refractivity contribution in [1.29, 1.82) is 0 Å². The van der Waals surface area contributed by atoms with E-state index in [0.717, 1.165) is 44.7 Å². The number of H-pyrrole nitrogens is 1. The van der Waals surface area contributed by atoms with E-state index in [0.29, 0.717) is 51.9 Å². The largest absolute Gasteiger partial charge is 0.493 e. The van der Waals surface area contributed by atoms with E-state index in [1.807, 2.05) is 32.0 Å². The number of hydrogen-bond donors (Lipinski definition) is 1. The average molecular weight is 485 g/mol. The standard InChI is InChI=1S/C24H32N6O3S/c1-5-8-21-25-15(4)22-24(31)26-23(27-30(21)22)19-12-18(9-10-20(19)33-7-3)34(32)29-14-16-11-17(29)13-28(16)6-2/h9-10,12,16-17H,5-8,11,13-14H2,1-4H3,(H,26,27,31). The summed E-state index contributed by atoms with van der Waals surface area (Å²) in [6.07, 6.45) is 2.68. The first-order valence-corrected chi connectivity index (χ1v) is 13.2. The van der Waals surface area contributed by atoms with Gasteiger partial charge in [-0.25, -0.2) is 18.0 Å². The Bertz CT molecular complexity index is 1300. The van der Waals surface area contributed by atoms with E-state index in [4.69, 9.17) is 9.84 Å². The van der Waals surface area contributed by atoms with Crippen LogP contribution in [0, 0.1) is 6.92 Å². The number of rotatable bonds is 8. The predicted octanol–water partition coefficient (Wildman–Crippen LogP) is 2.55. The van der Waals surface area contributed by atoms with E-state index in [1.165, 1.54) is 0 Å². The van der Waals surface area contributed by atoms with E-state index >= 15 is 0 Å². The fraction of sp³-hybridized carbons (Fsp3) is 0.542. The van der Waals surface area contributed by atoms with Gasteiger partial charge in [0, 0.05) is 31.6 Å². The van der Waals surface area contributed by atoms with Gasteiger partial charge in [-0.05, 0) is 51.4 Å². The molecule has 2 aliphatic heterocycles. The maximum atomic E-state index is 13.6. The van der Waals surface area contributed by atoms with Gasteiger partial charge in [-0.1, -0.05) is 13.8 Å². The number of likely N-dealkylation sites (N-methyl/N-ethyl adjacent to an activating group) is 1. The minimum atomic E-state index is -1.30. The topological polar surface area (TPSA) is 95.8 Å². The summed E-state index contributed by atoms with van der Waals surface area (Å²) >= 11 is 0. The van der Waals surface area contributed by atoms with Crippen LogP contribution in [0.5, 0.6) is 5.75 Å². The zero-order valence-electron chi connectivity index (χ0n) is 20.2. The van der Waals surface area contributed by atoms with Gasteiger partial charge in [0.2, 0.25) is 0 Å². The van der Waals surface area contributed by atoms with Crippen molar-refractivity contribution < 1.29 is 8.95 Å². The molecule has 0 radical (unpaired) electrons. The lowest BCUT2D eigenvalue weighted by molar-refractivity contribution is 0.194. The number of aromatic nitrogens is 4. The van der Waals surface area contributed by atoms with Gasteiger partial charge in [0.25, 0.3) is 5.56 Å². The molecular formula is C24H32N6O3S. The van der Waals surface area contributed by atoms with Crippen molar-refractivity contribution in [3.63, 3.8) is 0 Å². The van der Waals surface area contributed by atoms with Gasteiger partial charge in [0.1, 0.15) is 22.6 Å². The van der Waals surface area contributed by atoms with Crippen molar-refractivity contribution in [2.24, 2.45) is 0 Å². The molecule has 1 N–H and O–H groups in total. The lowest BCUT2D eigenvalue weighted by Gasteiger charge is -2.32. The molecule has 10 heteroatoms. The number of aromatic amines is 1. The number of piperazine rings is 1. The molecule has 2 fully saturated rings. The third-order valence-electron chi connectivity index (χ3n) is 6.85. The molecule has 0 aliphatic carbocycles. The van der Waals surface area contributed by atoms with E-state index < -0.39 is 11.0 Å². The van der Waals surface area contributed by atoms with Crippen molar-refractivity contribution >= 4 is 16.5 Å². The van der Waals surface area contributed by atoms with Crippen LogP contribution in [0.3, 0.4) is 0 Å². The molecule has 4 heterocycles. The molecule has 2 saturated heterocycles. The number of benzene rings is 1. The Morgan fingerprint density at radius 2 is 2.03 bits per heavy atom. The minimum absolute atomic E-state index is 0.247. The number of imidazole rings is 1. The molecule has 1 aromatic carbocycles. The second-order valence-electron chi connectivity index (χ2n) is 9.00. The van der Waals surface area contributed by atoms with Gasteiger partial charge in [-0.15, -0.1) is 5.10 Å². The summed E-state index contributed by atoms with van der Waals surface area (Å²) in [5.41, 5.74) is 1.50. The van der Waals surface area contributed by atoms with Gasteiger partial charge in [-0.3, -0.25) is 9.69 Å². The van der Waals surface area contributed by atoms with Crippen LogP contribution < -0.4 is 10.3 Å². The van der Waals surface area contributed by atoms with Crippen LogP contribution in [-0.4, -0.2) is 71.3 Å². The number of hydrogen-bond acceptors (Lipinski definition) is 6. The molecule has 34 heavy (non-hydrogen) atoms. The Hall–Kier alpha value is -2.56. The second-order valence-corrected chi connectivity index (χ2v) is 10.4. The molecule has 3 unspecified atom stereocenters. The summed E-state index contributed by atoms with van der Waals surface area (Å²) in [5.74, 6) is 1.74. The van der Waals surface area contributed by atoms with Crippen molar-refractivity contribution in [3.05, 3.63) is 40.1 Å². The Labute approximate surface area is 201 Å². The van der Waals surface area contributed by atoms with Gasteiger partial charge in [0.15, 0.2) is 11.3 Å². The SMILES string of the molecule is CCCc1nc(C)c2c(=O)[nH]c(-c3cc(S(=O)N4CC5CC4CN5CC)ccc3OCC)nn12. The van der Waals surface area contributed by atoms with E-state index in [1.54, 1.807) is 4.52 Å². The highest BCUT2D eigenvalue weighted by Gasteiger charge is 2.45. The van der Waals surface area contributed by atoms with Crippen LogP contribution in [-0.2, 0) is 17.4 Å². The summed E-state index contributed by atoms with van der Waals surface area (Å²) in [6, 6.07) is 6.31. The zero-order chi connectivity index (χ0) is 24.0. The summed E-state index contributed by atoms with van der Waals surface area (Å²) in [7, 11) is -1.30. The van der Waals surface area contributed by atoms with Gasteiger partial charge in [0.05, 0.1) is 22.8 Å². The second kappa shape index (κ2) is 9.24. The Morgan fingerprint density at radius 3 is 2.71 bits per heavy atom. The molecule has 0 spiro atoms. The number of nitrogens with one attached hydrogen (secondary N) is 1. The molecule has 2 aliphatic rings. The fourth-order valence-electron chi connectivity index (χ4n) is 5.27. The van der Waals surface area contributed by atoms with E-state index in [2.05, 4.69) is 33.0 Å². The first kappa shape index (κ1) is 23.2. The number of fused-ring (bicyclic) bond motifs is 3. The molecule has 0 saturated carbocycles. The maximum absolute atomic E-state index is 13.6. The van der Waals surface area contributed by atoms with Gasteiger partial charge >= 0.3 is 0 Å². The number of likely N-dealkylation sites (tertiary alicyclic amines) is 1. The van der Waals surface area contributed by atoms with Crippen molar-refractivity contribution in [3.8, 4) is 17.1 Å². The molecule has 5 rings (SSSR count). The zero-order valence-corrected chi connectivity index (χ0v) is 21.0. The monoisotopic (exact) mass is 484 g/mol. The smallest absolute Gasteiger partial charge is 0.277 e. The third-order valence-corrected chi connectivity index (χ3v) is 8.38. The van der Waals surface area contributed by atoms with Gasteiger partial charge < -0.3 is 9.72 Å². The van der Waals surface area contributed by atoms with Crippen molar-refractivity contribution in [1.82, 2.24) is 28.8 Å². The van der Waals surface area contributed by atoms with Crippen LogP contribution in [0.2, 0.25) is 0 Å². The summed E-state index contributed by atoms with van der Waals surface area (Å²) in [6.45, 7) is 11.3. The van der Waals surface area contributed by atoms with Crippen LogP contribution in [0.25, 0.3) is 16.9 Å². The predicted molar refractivity (Wildman–Crippen MR) is 131 cm³/mol. The van der Waals surface area contributed by atoms with Gasteiger partial charge in [-0.2, -0.15) is 0 Å². The number of nitrogens with zero attached hydrogens (tertiary/aromatic N) is 5. The summed E-state index contributed by atoms with van der Waals surface area (Å²) < 4.78 is 23.2. The lowest BCUT2D eigenvalue weighted by atomic mass is 10.2. The molecule has 2 bridgehead atoms. The van der Waals surface area contributed by atoms with Crippen LogP contribution in [0.15, 0.2) is 27.9 Å². The third kappa shape index (κ3) is 3.87. The Balaban J connectivity index is 1.56. The Kier molecular flexibility index (Phi) is 6.30. The molecular weight excluding hydrogens is 452 g/mol. The molecule has 3 atom stereocenters.